The Kier molecular flexibility index (Phi) is 2.76. The van der Waals surface area contributed by atoms with E-state index in [1.165, 1.54) is 0 Å². The second-order valence-corrected chi connectivity index (χ2v) is 3.21. The van der Waals surface area contributed by atoms with E-state index >= 15 is 0 Å². The van der Waals surface area contributed by atoms with Crippen molar-refractivity contribution in [2.45, 2.75) is 19.1 Å². The Morgan fingerprint density at radius 2 is 2.36 bits per heavy atom. The van der Waals surface area contributed by atoms with Gasteiger partial charge in [-0.15, -0.1) is 0 Å². The van der Waals surface area contributed by atoms with Gasteiger partial charge in [-0.05, 0) is 6.92 Å². The molecule has 0 radical (unpaired) electrons. The van der Waals surface area contributed by atoms with E-state index in [1.54, 1.807) is 6.92 Å². The molecule has 1 fully saturated rings. The Morgan fingerprint density at radius 3 is 2.93 bits per heavy atom. The van der Waals surface area contributed by atoms with E-state index in [2.05, 4.69) is 10.1 Å². The molecule has 2 atom stereocenters. The predicted octanol–water partition coefficient (Wildman–Crippen LogP) is 0.177. The lowest BCUT2D eigenvalue weighted by atomic mass is 10.3. The van der Waals surface area contributed by atoms with Crippen molar-refractivity contribution in [3.05, 3.63) is 11.7 Å². The summed E-state index contributed by atoms with van der Waals surface area (Å²) in [4.78, 5) is 4.13. The zero-order chi connectivity index (χ0) is 9.97. The topological polar surface area (TPSA) is 83.4 Å². The number of nitrogens with zero attached hydrogens (tertiary/aromatic N) is 2. The molecule has 1 aromatic heterocycles. The number of hydrogen-bond acceptors (Lipinski definition) is 6. The van der Waals surface area contributed by atoms with Crippen molar-refractivity contribution in [3.63, 3.8) is 0 Å². The third kappa shape index (κ3) is 1.92. The lowest BCUT2D eigenvalue weighted by molar-refractivity contribution is -0.0941. The van der Waals surface area contributed by atoms with E-state index in [-0.39, 0.29) is 12.1 Å². The first-order valence-electron chi connectivity index (χ1n) is 4.56. The highest BCUT2D eigenvalue weighted by Crippen LogP contribution is 2.18. The summed E-state index contributed by atoms with van der Waals surface area (Å²) < 4.78 is 15.6. The van der Waals surface area contributed by atoms with Gasteiger partial charge in [-0.2, -0.15) is 4.98 Å². The highest BCUT2D eigenvalue weighted by atomic mass is 16.6. The van der Waals surface area contributed by atoms with Crippen molar-refractivity contribution in [2.24, 2.45) is 5.73 Å². The number of aromatic nitrogens is 2. The molecular formula is C8H13N3O3. The molecule has 0 saturated carbocycles. The molecule has 0 aliphatic carbocycles. The maximum atomic E-state index is 5.59. The largest absolute Gasteiger partial charge is 0.376 e. The minimum atomic E-state index is -0.249. The van der Waals surface area contributed by atoms with Gasteiger partial charge in [0.05, 0.1) is 25.9 Å². The summed E-state index contributed by atoms with van der Waals surface area (Å²) in [6.07, 6.45) is -0.222. The average molecular weight is 199 g/mol. The minimum absolute atomic E-state index is 0.222. The fourth-order valence-corrected chi connectivity index (χ4v) is 1.20. The Labute approximate surface area is 81.4 Å². The minimum Gasteiger partial charge on any atom is -0.376 e. The van der Waals surface area contributed by atoms with Crippen LogP contribution in [0, 0.1) is 0 Å². The van der Waals surface area contributed by atoms with Crippen molar-refractivity contribution in [2.75, 3.05) is 19.8 Å². The second kappa shape index (κ2) is 4.04. The Balaban J connectivity index is 2.07. The van der Waals surface area contributed by atoms with E-state index < -0.39 is 0 Å². The molecule has 2 unspecified atom stereocenters. The molecule has 2 heterocycles. The van der Waals surface area contributed by atoms with E-state index in [4.69, 9.17) is 19.7 Å². The fraction of sp³-hybridized carbons (Fsp3) is 0.750. The van der Waals surface area contributed by atoms with Crippen LogP contribution < -0.4 is 5.73 Å². The van der Waals surface area contributed by atoms with Gasteiger partial charge in [0.2, 0.25) is 11.7 Å². The highest BCUT2D eigenvalue weighted by molar-refractivity contribution is 4.94. The summed E-state index contributed by atoms with van der Waals surface area (Å²) in [6, 6.07) is -0.249. The van der Waals surface area contributed by atoms with Gasteiger partial charge in [-0.25, -0.2) is 0 Å². The number of hydrogen-bond donors (Lipinski definition) is 1. The molecule has 6 heteroatoms. The quantitative estimate of drug-likeness (QED) is 0.731. The van der Waals surface area contributed by atoms with E-state index in [0.29, 0.717) is 31.5 Å². The smallest absolute Gasteiger partial charge is 0.243 e. The molecule has 1 aliphatic heterocycles. The lowest BCUT2D eigenvalue weighted by Gasteiger charge is -2.19. The Bertz CT molecular complexity index is 294. The molecule has 1 aromatic rings. The number of nitrogens with two attached hydrogens (primary N) is 1. The number of ether oxygens (including phenoxy) is 2. The molecule has 78 valence electrons. The molecule has 2 N–H and O–H groups in total. The van der Waals surface area contributed by atoms with E-state index in [9.17, 15) is 0 Å². The molecule has 14 heavy (non-hydrogen) atoms. The molecule has 0 bridgehead atoms. The van der Waals surface area contributed by atoms with Gasteiger partial charge in [0.25, 0.3) is 0 Å². The number of rotatable bonds is 2. The van der Waals surface area contributed by atoms with Crippen molar-refractivity contribution in [3.8, 4) is 0 Å². The van der Waals surface area contributed by atoms with Gasteiger partial charge >= 0.3 is 0 Å². The predicted molar refractivity (Wildman–Crippen MR) is 46.4 cm³/mol. The monoisotopic (exact) mass is 199 g/mol. The summed E-state index contributed by atoms with van der Waals surface area (Å²) in [5.41, 5.74) is 5.59. The highest BCUT2D eigenvalue weighted by Gasteiger charge is 2.22. The molecule has 6 nitrogen and oxygen atoms in total. The summed E-state index contributed by atoms with van der Waals surface area (Å²) >= 11 is 0. The maximum absolute atomic E-state index is 5.59. The van der Waals surface area contributed by atoms with Gasteiger partial charge in [0, 0.05) is 0 Å². The summed E-state index contributed by atoms with van der Waals surface area (Å²) in [7, 11) is 0. The standard InChI is InChI=1S/C8H13N3O3/c1-5(9)8-10-7(11-14-8)6-4-12-2-3-13-6/h5-6H,2-4,9H2,1H3. The fourth-order valence-electron chi connectivity index (χ4n) is 1.20. The first-order valence-corrected chi connectivity index (χ1v) is 4.56. The summed E-state index contributed by atoms with van der Waals surface area (Å²) in [6.45, 7) is 3.44. The van der Waals surface area contributed by atoms with Crippen LogP contribution in [0.1, 0.15) is 30.8 Å². The van der Waals surface area contributed by atoms with Crippen molar-refractivity contribution in [1.29, 1.82) is 0 Å². The zero-order valence-corrected chi connectivity index (χ0v) is 7.97. The van der Waals surface area contributed by atoms with Crippen LogP contribution in [0.3, 0.4) is 0 Å². The SMILES string of the molecule is CC(N)c1nc(C2COCCO2)no1. The third-order valence-electron chi connectivity index (χ3n) is 1.95. The Hall–Kier alpha value is -0.980. The normalized spacial score (nSPS) is 24.9. The van der Waals surface area contributed by atoms with Crippen LogP contribution in [0.25, 0.3) is 0 Å². The molecule has 1 saturated heterocycles. The third-order valence-corrected chi connectivity index (χ3v) is 1.95. The van der Waals surface area contributed by atoms with Crippen molar-refractivity contribution < 1.29 is 14.0 Å². The zero-order valence-electron chi connectivity index (χ0n) is 7.97. The summed E-state index contributed by atoms with van der Waals surface area (Å²) in [5, 5.41) is 3.79. The molecule has 1 aliphatic rings. The average Bonchev–Trinajstić information content (AvgIpc) is 2.68. The van der Waals surface area contributed by atoms with Gasteiger partial charge in [-0.3, -0.25) is 0 Å². The molecule has 0 aromatic carbocycles. The van der Waals surface area contributed by atoms with Gasteiger partial charge < -0.3 is 19.7 Å². The Morgan fingerprint density at radius 1 is 1.50 bits per heavy atom. The lowest BCUT2D eigenvalue weighted by Crippen LogP contribution is -2.22. The molecule has 2 rings (SSSR count). The van der Waals surface area contributed by atoms with Crippen LogP contribution in [0.5, 0.6) is 0 Å². The van der Waals surface area contributed by atoms with Crippen LogP contribution in [0.15, 0.2) is 4.52 Å². The van der Waals surface area contributed by atoms with E-state index in [1.807, 2.05) is 0 Å². The first kappa shape index (κ1) is 9.57. The molecular weight excluding hydrogens is 186 g/mol. The molecule has 0 spiro atoms. The van der Waals surface area contributed by atoms with Gasteiger partial charge in [0.15, 0.2) is 0 Å². The maximum Gasteiger partial charge on any atom is 0.243 e. The van der Waals surface area contributed by atoms with Crippen LogP contribution >= 0.6 is 0 Å². The van der Waals surface area contributed by atoms with Crippen LogP contribution in [-0.4, -0.2) is 30.0 Å². The van der Waals surface area contributed by atoms with E-state index in [0.717, 1.165) is 0 Å². The van der Waals surface area contributed by atoms with Crippen LogP contribution in [-0.2, 0) is 9.47 Å². The van der Waals surface area contributed by atoms with Crippen LogP contribution in [0.4, 0.5) is 0 Å². The van der Waals surface area contributed by atoms with Gasteiger partial charge in [-0.1, -0.05) is 5.16 Å². The molecule has 0 amide bonds. The van der Waals surface area contributed by atoms with Gasteiger partial charge in [0.1, 0.15) is 6.10 Å². The first-order chi connectivity index (χ1) is 6.77. The van der Waals surface area contributed by atoms with Crippen molar-refractivity contribution in [1.82, 2.24) is 10.1 Å². The second-order valence-electron chi connectivity index (χ2n) is 3.21. The summed E-state index contributed by atoms with van der Waals surface area (Å²) in [5.74, 6) is 0.936. The van der Waals surface area contributed by atoms with Crippen LogP contribution in [0.2, 0.25) is 0 Å². The van der Waals surface area contributed by atoms with Crippen molar-refractivity contribution >= 4 is 0 Å².